The molecule has 0 unspecified atom stereocenters. The number of nitrogens with two attached hydrogens (primary N) is 1. The molecule has 0 radical (unpaired) electrons. The van der Waals surface area contributed by atoms with E-state index in [-0.39, 0.29) is 23.5 Å². The zero-order chi connectivity index (χ0) is 13.9. The van der Waals surface area contributed by atoms with Gasteiger partial charge in [0.05, 0.1) is 0 Å². The third-order valence-corrected chi connectivity index (χ3v) is 3.10. The van der Waals surface area contributed by atoms with E-state index in [1.165, 1.54) is 0 Å². The summed E-state index contributed by atoms with van der Waals surface area (Å²) < 4.78 is 0. The number of phenolic OH excluding ortho intramolecular Hbond substituents is 1. The SMILES string of the molecule is Cc1c(C(C)(C)C)ccc(CCC(=O)NN)c1O. The molecule has 4 N–H and O–H groups in total. The van der Waals surface area contributed by atoms with Gasteiger partial charge in [-0.1, -0.05) is 32.9 Å². The molecule has 100 valence electrons. The Hall–Kier alpha value is -1.55. The van der Waals surface area contributed by atoms with Gasteiger partial charge in [0.2, 0.25) is 5.91 Å². The first-order valence-electron chi connectivity index (χ1n) is 6.08. The largest absolute Gasteiger partial charge is 0.507 e. The second-order valence-electron chi connectivity index (χ2n) is 5.56. The smallest absolute Gasteiger partial charge is 0.234 e. The molecular weight excluding hydrogens is 228 g/mol. The van der Waals surface area contributed by atoms with Crippen LogP contribution in [0.4, 0.5) is 0 Å². The van der Waals surface area contributed by atoms with Crippen LogP contribution in [-0.4, -0.2) is 11.0 Å². The summed E-state index contributed by atoms with van der Waals surface area (Å²) in [7, 11) is 0. The molecule has 1 aromatic carbocycles. The van der Waals surface area contributed by atoms with E-state index >= 15 is 0 Å². The fourth-order valence-electron chi connectivity index (χ4n) is 2.09. The van der Waals surface area contributed by atoms with Crippen molar-refractivity contribution in [2.24, 2.45) is 5.84 Å². The van der Waals surface area contributed by atoms with Crippen LogP contribution in [0.15, 0.2) is 12.1 Å². The number of benzene rings is 1. The van der Waals surface area contributed by atoms with Crippen LogP contribution in [0.3, 0.4) is 0 Å². The van der Waals surface area contributed by atoms with Crippen LogP contribution in [0.5, 0.6) is 5.75 Å². The molecule has 0 heterocycles. The first kappa shape index (κ1) is 14.5. The summed E-state index contributed by atoms with van der Waals surface area (Å²) in [6.45, 7) is 8.23. The summed E-state index contributed by atoms with van der Waals surface area (Å²) in [6, 6.07) is 3.90. The first-order valence-corrected chi connectivity index (χ1v) is 6.08. The van der Waals surface area contributed by atoms with Gasteiger partial charge < -0.3 is 5.11 Å². The number of phenols is 1. The minimum absolute atomic E-state index is 0.00523. The maximum absolute atomic E-state index is 11.1. The first-order chi connectivity index (χ1) is 8.27. The van der Waals surface area contributed by atoms with E-state index in [4.69, 9.17) is 5.84 Å². The highest BCUT2D eigenvalue weighted by Gasteiger charge is 2.19. The average Bonchev–Trinajstić information content (AvgIpc) is 2.28. The van der Waals surface area contributed by atoms with Crippen molar-refractivity contribution in [1.29, 1.82) is 0 Å². The Morgan fingerprint density at radius 3 is 2.50 bits per heavy atom. The van der Waals surface area contributed by atoms with Crippen LogP contribution in [0.25, 0.3) is 0 Å². The van der Waals surface area contributed by atoms with E-state index in [0.29, 0.717) is 6.42 Å². The number of aromatic hydroxyl groups is 1. The van der Waals surface area contributed by atoms with Crippen LogP contribution in [-0.2, 0) is 16.6 Å². The van der Waals surface area contributed by atoms with Gasteiger partial charge in [-0.05, 0) is 35.4 Å². The molecule has 0 atom stereocenters. The lowest BCUT2D eigenvalue weighted by atomic mass is 9.83. The number of nitrogens with one attached hydrogen (secondary N) is 1. The number of rotatable bonds is 3. The molecule has 4 heteroatoms. The van der Waals surface area contributed by atoms with Crippen LogP contribution in [0, 0.1) is 6.92 Å². The van der Waals surface area contributed by atoms with Crippen LogP contribution >= 0.6 is 0 Å². The maximum Gasteiger partial charge on any atom is 0.234 e. The topological polar surface area (TPSA) is 75.4 Å². The molecule has 1 amide bonds. The van der Waals surface area contributed by atoms with Crippen molar-refractivity contribution in [3.8, 4) is 5.75 Å². The van der Waals surface area contributed by atoms with Gasteiger partial charge in [-0.15, -0.1) is 0 Å². The maximum atomic E-state index is 11.1. The van der Waals surface area contributed by atoms with Crippen molar-refractivity contribution in [1.82, 2.24) is 5.43 Å². The minimum Gasteiger partial charge on any atom is -0.507 e. The zero-order valence-corrected chi connectivity index (χ0v) is 11.5. The summed E-state index contributed by atoms with van der Waals surface area (Å²) in [6.07, 6.45) is 0.762. The predicted molar refractivity (Wildman–Crippen MR) is 72.2 cm³/mol. The van der Waals surface area contributed by atoms with Crippen LogP contribution < -0.4 is 11.3 Å². The van der Waals surface area contributed by atoms with Crippen molar-refractivity contribution in [3.05, 3.63) is 28.8 Å². The molecule has 0 aromatic heterocycles. The van der Waals surface area contributed by atoms with Gasteiger partial charge in [0.1, 0.15) is 5.75 Å². The quantitative estimate of drug-likeness (QED) is 0.436. The number of aryl methyl sites for hydroxylation is 1. The van der Waals surface area contributed by atoms with Gasteiger partial charge in [0.25, 0.3) is 0 Å². The van der Waals surface area contributed by atoms with Crippen molar-refractivity contribution in [2.45, 2.75) is 46.0 Å². The van der Waals surface area contributed by atoms with Gasteiger partial charge in [-0.2, -0.15) is 0 Å². The van der Waals surface area contributed by atoms with Gasteiger partial charge in [-0.3, -0.25) is 10.2 Å². The van der Waals surface area contributed by atoms with Crippen molar-refractivity contribution < 1.29 is 9.90 Å². The molecular formula is C14H22N2O2. The summed E-state index contributed by atoms with van der Waals surface area (Å²) >= 11 is 0. The Balaban J connectivity index is 2.98. The van der Waals surface area contributed by atoms with Gasteiger partial charge in [-0.25, -0.2) is 5.84 Å². The second-order valence-corrected chi connectivity index (χ2v) is 5.56. The monoisotopic (exact) mass is 250 g/mol. The molecule has 4 nitrogen and oxygen atoms in total. The van der Waals surface area contributed by atoms with Crippen LogP contribution in [0.2, 0.25) is 0 Å². The fraction of sp³-hybridized carbons (Fsp3) is 0.500. The predicted octanol–water partition coefficient (Wildman–Crippen LogP) is 1.92. The lowest BCUT2D eigenvalue weighted by Gasteiger charge is -2.23. The van der Waals surface area contributed by atoms with E-state index in [9.17, 15) is 9.90 Å². The minimum atomic E-state index is -0.230. The van der Waals surface area contributed by atoms with Gasteiger partial charge >= 0.3 is 0 Å². The van der Waals surface area contributed by atoms with E-state index in [1.807, 2.05) is 19.1 Å². The molecule has 1 aromatic rings. The highest BCUT2D eigenvalue weighted by atomic mass is 16.3. The van der Waals surface area contributed by atoms with Crippen LogP contribution in [0.1, 0.15) is 43.9 Å². The Morgan fingerprint density at radius 2 is 2.00 bits per heavy atom. The summed E-state index contributed by atoms with van der Waals surface area (Å²) in [5.74, 6) is 5.08. The lowest BCUT2D eigenvalue weighted by Crippen LogP contribution is -2.30. The fourth-order valence-corrected chi connectivity index (χ4v) is 2.09. The highest BCUT2D eigenvalue weighted by molar-refractivity contribution is 5.75. The Bertz CT molecular complexity index is 448. The molecule has 18 heavy (non-hydrogen) atoms. The van der Waals surface area contributed by atoms with Gasteiger partial charge in [0.15, 0.2) is 0 Å². The van der Waals surface area contributed by atoms with Crippen molar-refractivity contribution >= 4 is 5.91 Å². The third-order valence-electron chi connectivity index (χ3n) is 3.10. The third kappa shape index (κ3) is 3.23. The second kappa shape index (κ2) is 5.40. The highest BCUT2D eigenvalue weighted by Crippen LogP contribution is 2.33. The Morgan fingerprint density at radius 1 is 1.39 bits per heavy atom. The molecule has 0 saturated carbocycles. The summed E-state index contributed by atoms with van der Waals surface area (Å²) in [4.78, 5) is 11.1. The molecule has 0 aliphatic heterocycles. The van der Waals surface area contributed by atoms with Gasteiger partial charge in [0, 0.05) is 6.42 Å². The number of hydrogen-bond acceptors (Lipinski definition) is 3. The molecule has 1 rings (SSSR count). The van der Waals surface area contributed by atoms with Crippen molar-refractivity contribution in [3.63, 3.8) is 0 Å². The molecule has 0 saturated heterocycles. The average molecular weight is 250 g/mol. The van der Waals surface area contributed by atoms with E-state index < -0.39 is 0 Å². The van der Waals surface area contributed by atoms with Crippen molar-refractivity contribution in [2.75, 3.05) is 0 Å². The number of hydrazine groups is 1. The Labute approximate surface area is 108 Å². The molecule has 0 bridgehead atoms. The Kier molecular flexibility index (Phi) is 4.35. The standard InChI is InChI=1S/C14H22N2O2/c1-9-11(14(2,3)4)7-5-10(13(9)18)6-8-12(17)16-15/h5,7,18H,6,8,15H2,1-4H3,(H,16,17). The number of carbonyl (C=O) groups excluding carboxylic acids is 1. The molecule has 0 aliphatic carbocycles. The molecule has 0 aliphatic rings. The number of hydrogen-bond donors (Lipinski definition) is 3. The molecule has 0 fully saturated rings. The van der Waals surface area contributed by atoms with E-state index in [2.05, 4.69) is 26.2 Å². The normalized spacial score (nSPS) is 11.4. The number of carbonyl (C=O) groups is 1. The lowest BCUT2D eigenvalue weighted by molar-refractivity contribution is -0.121. The summed E-state index contributed by atoms with van der Waals surface area (Å²) in [5, 5.41) is 10.2. The number of amides is 1. The zero-order valence-electron chi connectivity index (χ0n) is 11.5. The van der Waals surface area contributed by atoms with E-state index in [0.717, 1.165) is 16.7 Å². The molecule has 0 spiro atoms. The summed E-state index contributed by atoms with van der Waals surface area (Å²) in [5.41, 5.74) is 4.86. The van der Waals surface area contributed by atoms with E-state index in [1.54, 1.807) is 0 Å².